The van der Waals surface area contributed by atoms with Crippen molar-refractivity contribution in [3.63, 3.8) is 0 Å². The topological polar surface area (TPSA) is 26.3 Å². The van der Waals surface area contributed by atoms with Gasteiger partial charge in [-0.2, -0.15) is 0 Å². The number of unbranched alkanes of at least 4 members (excludes halogenated alkanes) is 5. The molecule has 2 aromatic carbocycles. The molecule has 236 valence electrons. The number of fused-ring (bicyclic) bond motifs is 5. The molecule has 6 rings (SSSR count). The number of carbonyl (C=O) groups excluding carboxylic acids is 1. The van der Waals surface area contributed by atoms with E-state index in [0.29, 0.717) is 11.0 Å². The third-order valence-electron chi connectivity index (χ3n) is 12.9. The van der Waals surface area contributed by atoms with Crippen LogP contribution in [0, 0.1) is 34.5 Å². The molecule has 0 aliphatic heterocycles. The molecule has 4 unspecified atom stereocenters. The number of carbonyl (C=O) groups is 1. The first-order chi connectivity index (χ1) is 21.4. The fourth-order valence-corrected chi connectivity index (χ4v) is 10.3. The van der Waals surface area contributed by atoms with Gasteiger partial charge in [-0.3, -0.25) is 0 Å². The molecule has 2 heteroatoms. The van der Waals surface area contributed by atoms with E-state index in [1.807, 2.05) is 66.7 Å². The summed E-state index contributed by atoms with van der Waals surface area (Å²) in [5, 5.41) is 0. The fraction of sp³-hybridized carbons (Fsp3) is 0.595. The van der Waals surface area contributed by atoms with Gasteiger partial charge in [0, 0.05) is 6.42 Å². The Morgan fingerprint density at radius 2 is 1.57 bits per heavy atom. The van der Waals surface area contributed by atoms with Crippen LogP contribution in [0.3, 0.4) is 0 Å². The minimum atomic E-state index is -0.196. The van der Waals surface area contributed by atoms with Crippen molar-refractivity contribution in [2.45, 2.75) is 123 Å². The molecule has 44 heavy (non-hydrogen) atoms. The fourth-order valence-electron chi connectivity index (χ4n) is 10.3. The Bertz CT molecular complexity index is 1310. The summed E-state index contributed by atoms with van der Waals surface area (Å²) in [7, 11) is 0. The van der Waals surface area contributed by atoms with Crippen LogP contribution in [0.2, 0.25) is 0 Å². The van der Waals surface area contributed by atoms with Gasteiger partial charge in [0.15, 0.2) is 0 Å². The van der Waals surface area contributed by atoms with Crippen molar-refractivity contribution in [3.05, 3.63) is 83.4 Å². The first-order valence-electron chi connectivity index (χ1n) is 18.1. The molecule has 3 saturated carbocycles. The molecule has 4 aliphatic rings. The molecule has 0 saturated heterocycles. The van der Waals surface area contributed by atoms with E-state index in [9.17, 15) is 4.79 Å². The van der Waals surface area contributed by atoms with Crippen LogP contribution in [-0.2, 0) is 9.53 Å². The molecule has 2 aromatic rings. The van der Waals surface area contributed by atoms with E-state index >= 15 is 0 Å². The van der Waals surface area contributed by atoms with Crippen LogP contribution in [0.15, 0.2) is 72.3 Å². The van der Waals surface area contributed by atoms with Gasteiger partial charge in [-0.25, -0.2) is 4.79 Å². The standard InChI is InChI=1S/C42H56O2/c1-4-5-6-7-8-15-20-33-22-24-38-36-23-21-34-30-35(25-27-42(34,3)39(36)26-28-41(33,38)2)44-40(43)37(32-18-13-10-14-19-32)29-31-16-11-9-12-17-31/h9-14,16-19,21,29,33,35-36,38-39H,4-8,15,20,22-28,30H2,1-3H3/t33?,35-,36?,38?,39?,41+,42-/m0/s1. The van der Waals surface area contributed by atoms with Gasteiger partial charge in [0.05, 0.1) is 5.57 Å². The third-order valence-corrected chi connectivity index (χ3v) is 12.9. The van der Waals surface area contributed by atoms with Gasteiger partial charge < -0.3 is 4.74 Å². The lowest BCUT2D eigenvalue weighted by Gasteiger charge is -2.58. The average Bonchev–Trinajstić information content (AvgIpc) is 3.38. The zero-order chi connectivity index (χ0) is 30.6. The van der Waals surface area contributed by atoms with Crippen molar-refractivity contribution < 1.29 is 9.53 Å². The summed E-state index contributed by atoms with van der Waals surface area (Å²) in [6, 6.07) is 20.1. The molecule has 0 heterocycles. The summed E-state index contributed by atoms with van der Waals surface area (Å²) in [4.78, 5) is 13.7. The summed E-state index contributed by atoms with van der Waals surface area (Å²) in [5.41, 5.74) is 4.99. The van der Waals surface area contributed by atoms with Crippen molar-refractivity contribution in [1.82, 2.24) is 0 Å². The van der Waals surface area contributed by atoms with Gasteiger partial charge in [-0.15, -0.1) is 0 Å². The molecular formula is C42H56O2. The van der Waals surface area contributed by atoms with E-state index < -0.39 is 0 Å². The zero-order valence-corrected chi connectivity index (χ0v) is 27.7. The van der Waals surface area contributed by atoms with Gasteiger partial charge in [-0.05, 0) is 103 Å². The van der Waals surface area contributed by atoms with Crippen LogP contribution in [0.4, 0.5) is 0 Å². The second-order valence-electron chi connectivity index (χ2n) is 15.2. The monoisotopic (exact) mass is 592 g/mol. The van der Waals surface area contributed by atoms with Gasteiger partial charge in [0.2, 0.25) is 0 Å². The van der Waals surface area contributed by atoms with E-state index in [1.54, 1.807) is 5.57 Å². The quantitative estimate of drug-likeness (QED) is 0.0853. The first-order valence-corrected chi connectivity index (χ1v) is 18.1. The number of rotatable bonds is 11. The first kappa shape index (κ1) is 31.4. The molecule has 0 aromatic heterocycles. The van der Waals surface area contributed by atoms with E-state index in [2.05, 4.69) is 26.8 Å². The molecule has 0 N–H and O–H groups in total. The number of hydrogen-bond donors (Lipinski definition) is 0. The predicted molar refractivity (Wildman–Crippen MR) is 184 cm³/mol. The highest BCUT2D eigenvalue weighted by Gasteiger charge is 2.58. The Hall–Kier alpha value is -2.61. The maximum absolute atomic E-state index is 13.7. The van der Waals surface area contributed by atoms with Crippen molar-refractivity contribution >= 4 is 17.6 Å². The number of allylic oxidation sites excluding steroid dienone is 1. The minimum absolute atomic E-state index is 0.0386. The highest BCUT2D eigenvalue weighted by molar-refractivity contribution is 6.21. The van der Waals surface area contributed by atoms with Gasteiger partial charge in [0.1, 0.15) is 6.10 Å². The van der Waals surface area contributed by atoms with Gasteiger partial charge in [-0.1, -0.05) is 132 Å². The molecule has 2 nitrogen and oxygen atoms in total. The highest BCUT2D eigenvalue weighted by Crippen LogP contribution is 2.66. The third kappa shape index (κ3) is 6.38. The second kappa shape index (κ2) is 13.8. The van der Waals surface area contributed by atoms with Crippen molar-refractivity contribution in [3.8, 4) is 0 Å². The zero-order valence-electron chi connectivity index (χ0n) is 27.7. The minimum Gasteiger partial charge on any atom is -0.458 e. The van der Waals surface area contributed by atoms with Crippen LogP contribution in [0.25, 0.3) is 11.6 Å². The highest BCUT2D eigenvalue weighted by atomic mass is 16.5. The van der Waals surface area contributed by atoms with Crippen LogP contribution >= 0.6 is 0 Å². The summed E-state index contributed by atoms with van der Waals surface area (Å²) in [6.45, 7) is 7.57. The molecule has 0 bridgehead atoms. The average molecular weight is 593 g/mol. The molecule has 0 radical (unpaired) electrons. The number of ether oxygens (including phenoxy) is 1. The SMILES string of the molecule is CCCCCCCCC1CCC2C3CC=C4C[C@@H](OC(=O)C(=Cc5ccccc5)c5ccccc5)CC[C@]4(C)C3CC[C@]12C. The Labute approximate surface area is 267 Å². The van der Waals surface area contributed by atoms with Crippen molar-refractivity contribution in [2.24, 2.45) is 34.5 Å². The van der Waals surface area contributed by atoms with E-state index in [0.717, 1.165) is 54.1 Å². The maximum atomic E-state index is 13.7. The second-order valence-corrected chi connectivity index (χ2v) is 15.2. The summed E-state index contributed by atoms with van der Waals surface area (Å²) in [6.07, 6.45) is 24.5. The smallest absolute Gasteiger partial charge is 0.339 e. The number of esters is 1. The Morgan fingerprint density at radius 3 is 2.34 bits per heavy atom. The Morgan fingerprint density at radius 1 is 0.841 bits per heavy atom. The van der Waals surface area contributed by atoms with Crippen molar-refractivity contribution in [2.75, 3.05) is 0 Å². The van der Waals surface area contributed by atoms with E-state index in [1.165, 1.54) is 77.0 Å². The summed E-state index contributed by atoms with van der Waals surface area (Å²) < 4.78 is 6.33. The maximum Gasteiger partial charge on any atom is 0.339 e. The lowest BCUT2D eigenvalue weighted by Crippen LogP contribution is -2.50. The molecule has 0 spiro atoms. The van der Waals surface area contributed by atoms with Crippen LogP contribution < -0.4 is 0 Å². The lowest BCUT2D eigenvalue weighted by molar-refractivity contribution is -0.144. The van der Waals surface area contributed by atoms with Crippen LogP contribution in [0.1, 0.15) is 128 Å². The molecule has 0 amide bonds. The molecule has 3 fully saturated rings. The Balaban J connectivity index is 1.11. The summed E-state index contributed by atoms with van der Waals surface area (Å²) in [5.74, 6) is 3.28. The molecular weight excluding hydrogens is 536 g/mol. The van der Waals surface area contributed by atoms with Crippen LogP contribution in [-0.4, -0.2) is 12.1 Å². The van der Waals surface area contributed by atoms with E-state index in [4.69, 9.17) is 4.74 Å². The van der Waals surface area contributed by atoms with Gasteiger partial charge in [0.25, 0.3) is 0 Å². The molecule has 7 atom stereocenters. The normalized spacial score (nSPS) is 33.1. The number of hydrogen-bond acceptors (Lipinski definition) is 2. The van der Waals surface area contributed by atoms with Crippen LogP contribution in [0.5, 0.6) is 0 Å². The lowest BCUT2D eigenvalue weighted by atomic mass is 9.47. The molecule has 4 aliphatic carbocycles. The van der Waals surface area contributed by atoms with E-state index in [-0.39, 0.29) is 17.5 Å². The predicted octanol–water partition coefficient (Wildman–Crippen LogP) is 11.5. The largest absolute Gasteiger partial charge is 0.458 e. The Kier molecular flexibility index (Phi) is 9.84. The van der Waals surface area contributed by atoms with Gasteiger partial charge >= 0.3 is 5.97 Å². The number of benzene rings is 2. The summed E-state index contributed by atoms with van der Waals surface area (Å²) >= 11 is 0. The van der Waals surface area contributed by atoms with Crippen molar-refractivity contribution in [1.29, 1.82) is 0 Å².